The Bertz CT molecular complexity index is 2610. The minimum atomic E-state index is -3.49. The number of nitrogens with zero attached hydrogens (tertiary/aromatic N) is 3. The summed E-state index contributed by atoms with van der Waals surface area (Å²) in [5, 5.41) is 11.8. The van der Waals surface area contributed by atoms with Crippen LogP contribution in [0.3, 0.4) is 0 Å². The second-order valence-electron chi connectivity index (χ2n) is 23.6. The highest BCUT2D eigenvalue weighted by Crippen LogP contribution is 2.35. The summed E-state index contributed by atoms with van der Waals surface area (Å²) in [4.78, 5) is 57.5. The zero-order valence-corrected chi connectivity index (χ0v) is 48.1. The van der Waals surface area contributed by atoms with Gasteiger partial charge in [0.15, 0.2) is 0 Å². The van der Waals surface area contributed by atoms with Crippen molar-refractivity contribution in [3.05, 3.63) is 69.8 Å². The number of nitrogens with one attached hydrogen (secondary N) is 4. The summed E-state index contributed by atoms with van der Waals surface area (Å²) in [6.07, 6.45) is 3.62. The Hall–Kier alpha value is -4.43. The zero-order valence-electron chi connectivity index (χ0n) is 45.7. The molecular formula is C53H82ClN7O10S2. The Morgan fingerprint density at radius 1 is 0.671 bits per heavy atom. The lowest BCUT2D eigenvalue weighted by Gasteiger charge is -2.34. The van der Waals surface area contributed by atoms with Crippen LogP contribution < -0.4 is 21.3 Å². The largest absolute Gasteiger partial charge is 0.460 e. The van der Waals surface area contributed by atoms with Gasteiger partial charge in [0, 0.05) is 47.6 Å². The number of alkyl carbamates (subject to hydrolysis) is 1. The summed E-state index contributed by atoms with van der Waals surface area (Å²) in [5.41, 5.74) is 3.15. The van der Waals surface area contributed by atoms with Crippen molar-refractivity contribution >= 4 is 65.3 Å². The SMILES string of the molecule is CC(C)(C)C1=NC2(CCNCC2)C(=O)N1.Cc1cc(CCC(=O)OC(C)(C)C)ccc1CCS(=O)(=O)N1CCC2(CC1)N=C(C(C)(C)C)NC2=O.Cc1cc(CNC(=O)OC(C)(C)C)ccc1CCS(=O)(=O)Cl. The molecule has 408 valence electrons. The van der Waals surface area contributed by atoms with Gasteiger partial charge < -0.3 is 30.7 Å². The number of ether oxygens (including phenoxy) is 2. The molecule has 73 heavy (non-hydrogen) atoms. The van der Waals surface area contributed by atoms with Crippen LogP contribution in [-0.4, -0.2) is 117 Å². The van der Waals surface area contributed by atoms with Gasteiger partial charge in [-0.2, -0.15) is 0 Å². The van der Waals surface area contributed by atoms with E-state index in [2.05, 4.69) is 47.0 Å². The van der Waals surface area contributed by atoms with Crippen molar-refractivity contribution in [2.45, 2.75) is 177 Å². The third-order valence-electron chi connectivity index (χ3n) is 12.7. The molecule has 17 nitrogen and oxygen atoms in total. The molecule has 3 amide bonds. The molecule has 0 atom stereocenters. The van der Waals surface area contributed by atoms with E-state index in [0.717, 1.165) is 65.1 Å². The van der Waals surface area contributed by atoms with Crippen molar-refractivity contribution in [2.24, 2.45) is 20.8 Å². The van der Waals surface area contributed by atoms with E-state index in [-0.39, 0.29) is 40.1 Å². The first-order valence-electron chi connectivity index (χ1n) is 25.2. The molecule has 4 N–H and O–H groups in total. The highest BCUT2D eigenvalue weighted by Gasteiger charge is 2.49. The molecule has 4 aliphatic heterocycles. The predicted octanol–water partition coefficient (Wildman–Crippen LogP) is 7.36. The maximum atomic E-state index is 13.1. The molecule has 4 aliphatic rings. The molecule has 6 rings (SSSR count). The average Bonchev–Trinajstić information content (AvgIpc) is 3.75. The number of sulfonamides is 1. The first kappa shape index (κ1) is 61.1. The summed E-state index contributed by atoms with van der Waals surface area (Å²) in [6.45, 7) is 29.7. The van der Waals surface area contributed by atoms with Crippen LogP contribution in [0.2, 0.25) is 0 Å². The van der Waals surface area contributed by atoms with Gasteiger partial charge in [0.25, 0.3) is 11.8 Å². The maximum Gasteiger partial charge on any atom is 0.407 e. The fraction of sp³-hybridized carbons (Fsp3) is 0.660. The molecule has 2 saturated heterocycles. The Kier molecular flexibility index (Phi) is 20.1. The summed E-state index contributed by atoms with van der Waals surface area (Å²) in [7, 11) is -1.74. The Labute approximate surface area is 439 Å². The second-order valence-corrected chi connectivity index (χ2v) is 28.5. The van der Waals surface area contributed by atoms with E-state index in [1.165, 1.54) is 4.31 Å². The second kappa shape index (κ2) is 24.1. The van der Waals surface area contributed by atoms with Gasteiger partial charge >= 0.3 is 12.1 Å². The number of hydrogen-bond donors (Lipinski definition) is 4. The fourth-order valence-electron chi connectivity index (χ4n) is 8.47. The number of amidine groups is 2. The number of amides is 3. The van der Waals surface area contributed by atoms with Crippen molar-refractivity contribution in [1.29, 1.82) is 0 Å². The molecular weight excluding hydrogens is 994 g/mol. The Morgan fingerprint density at radius 3 is 1.56 bits per heavy atom. The first-order chi connectivity index (χ1) is 33.4. The van der Waals surface area contributed by atoms with Crippen LogP contribution >= 0.6 is 10.7 Å². The van der Waals surface area contributed by atoms with Crippen LogP contribution in [0, 0.1) is 24.7 Å². The highest BCUT2D eigenvalue weighted by atomic mass is 35.7. The monoisotopic (exact) mass is 1080 g/mol. The first-order valence-corrected chi connectivity index (χ1v) is 29.3. The third kappa shape index (κ3) is 19.0. The lowest BCUT2D eigenvalue weighted by Crippen LogP contribution is -2.51. The molecule has 2 spiro atoms. The molecule has 2 aromatic carbocycles. The number of benzene rings is 2. The van der Waals surface area contributed by atoms with E-state index in [1.54, 1.807) is 20.8 Å². The van der Waals surface area contributed by atoms with Crippen LogP contribution in [0.1, 0.15) is 149 Å². The van der Waals surface area contributed by atoms with Gasteiger partial charge in [0.2, 0.25) is 19.1 Å². The van der Waals surface area contributed by atoms with Gasteiger partial charge in [0.05, 0.1) is 11.5 Å². The van der Waals surface area contributed by atoms with Crippen LogP contribution in [0.25, 0.3) is 0 Å². The number of halogens is 1. The summed E-state index contributed by atoms with van der Waals surface area (Å²) in [5.74, 6) is 1.18. The van der Waals surface area contributed by atoms with Gasteiger partial charge in [0.1, 0.15) is 34.0 Å². The van der Waals surface area contributed by atoms with Crippen molar-refractivity contribution < 1.29 is 45.5 Å². The zero-order chi connectivity index (χ0) is 55.0. The topological polar surface area (TPSA) is 231 Å². The lowest BCUT2D eigenvalue weighted by atomic mass is 9.89. The number of aryl methyl sites for hydroxylation is 5. The van der Waals surface area contributed by atoms with Gasteiger partial charge in [-0.15, -0.1) is 0 Å². The molecule has 0 aromatic heterocycles. The molecule has 0 unspecified atom stereocenters. The third-order valence-corrected chi connectivity index (χ3v) is 15.7. The van der Waals surface area contributed by atoms with Crippen LogP contribution in [0.4, 0.5) is 4.79 Å². The molecule has 0 radical (unpaired) electrons. The number of carbonyl (C=O) groups excluding carboxylic acids is 4. The summed E-state index contributed by atoms with van der Waals surface area (Å²) < 4.78 is 60.1. The Balaban J connectivity index is 0.000000264. The average molecular weight is 1080 g/mol. The number of aliphatic imine (C=N–C) groups is 2. The number of rotatable bonds is 12. The highest BCUT2D eigenvalue weighted by molar-refractivity contribution is 8.13. The van der Waals surface area contributed by atoms with E-state index in [1.807, 2.05) is 91.8 Å². The van der Waals surface area contributed by atoms with Gasteiger partial charge in [-0.3, -0.25) is 24.4 Å². The molecule has 0 aliphatic carbocycles. The fourth-order valence-corrected chi connectivity index (χ4v) is 10.6. The van der Waals surface area contributed by atoms with E-state index in [9.17, 15) is 36.0 Å². The van der Waals surface area contributed by atoms with Gasteiger partial charge in [-0.25, -0.2) is 25.9 Å². The van der Waals surface area contributed by atoms with Crippen LogP contribution in [0.5, 0.6) is 0 Å². The van der Waals surface area contributed by atoms with Gasteiger partial charge in [-0.05, 0) is 147 Å². The van der Waals surface area contributed by atoms with Crippen molar-refractivity contribution in [3.8, 4) is 0 Å². The van der Waals surface area contributed by atoms with Gasteiger partial charge in [-0.1, -0.05) is 77.9 Å². The molecule has 2 fully saturated rings. The number of carbonyl (C=O) groups is 4. The Morgan fingerprint density at radius 2 is 1.12 bits per heavy atom. The standard InChI is InChI=1S/C27H41N3O5S.C15H22ClNO4S.C11H19N3O/c1-19-18-20(9-11-22(31)35-26(5,6)7)8-10-21(19)12-17-36(33,34)30-15-13-27(14-16-30)24(32)28-23(29-27)25(2,3)4;1-11-9-12(10-17-14(18)21-15(2,3)4)5-6-13(11)7-8-22(16,19)20;1-10(2,3)8-13-9(15)11(14-8)4-6-12-7-5-11/h8,10,18H,9,11-17H2,1-7H3,(H,28,29,32);5-6,9H,7-8,10H2,1-4H3,(H,17,18);12H,4-7H2,1-3H3,(H,13,14,15). The molecule has 4 heterocycles. The number of piperidine rings is 2. The van der Waals surface area contributed by atoms with Crippen LogP contribution in [-0.2, 0) is 68.7 Å². The summed E-state index contributed by atoms with van der Waals surface area (Å²) >= 11 is 0. The summed E-state index contributed by atoms with van der Waals surface area (Å²) in [6, 6.07) is 11.5. The van der Waals surface area contributed by atoms with Crippen molar-refractivity contribution in [2.75, 3.05) is 37.7 Å². The van der Waals surface area contributed by atoms with E-state index in [0.29, 0.717) is 64.0 Å². The quantitative estimate of drug-likeness (QED) is 0.121. The van der Waals surface area contributed by atoms with E-state index >= 15 is 0 Å². The smallest absolute Gasteiger partial charge is 0.407 e. The molecule has 0 bridgehead atoms. The van der Waals surface area contributed by atoms with Crippen LogP contribution in [0.15, 0.2) is 46.4 Å². The minimum absolute atomic E-state index is 0.0147. The predicted molar refractivity (Wildman–Crippen MR) is 289 cm³/mol. The molecule has 20 heteroatoms. The normalized spacial score (nSPS) is 18.1. The minimum Gasteiger partial charge on any atom is -0.460 e. The van der Waals surface area contributed by atoms with Crippen molar-refractivity contribution in [3.63, 3.8) is 0 Å². The number of hydrogen-bond acceptors (Lipinski definition) is 13. The van der Waals surface area contributed by atoms with Crippen molar-refractivity contribution in [1.82, 2.24) is 25.6 Å². The lowest BCUT2D eigenvalue weighted by molar-refractivity contribution is -0.154. The number of esters is 1. The molecule has 0 saturated carbocycles. The van der Waals surface area contributed by atoms with E-state index in [4.69, 9.17) is 25.1 Å². The molecule has 2 aromatic rings. The van der Waals surface area contributed by atoms with E-state index < -0.39 is 47.4 Å². The maximum absolute atomic E-state index is 13.1.